The van der Waals surface area contributed by atoms with Crippen LogP contribution in [0.4, 0.5) is 0 Å². The minimum absolute atomic E-state index is 0.203. The van der Waals surface area contributed by atoms with Gasteiger partial charge in [0.15, 0.2) is 5.88 Å². The van der Waals surface area contributed by atoms with Gasteiger partial charge in [0.25, 0.3) is 0 Å². The van der Waals surface area contributed by atoms with E-state index in [1.165, 1.54) is 0 Å². The van der Waals surface area contributed by atoms with Crippen molar-refractivity contribution in [2.45, 2.75) is 0 Å². The molecular formula is C11H8N2O. The van der Waals surface area contributed by atoms with Gasteiger partial charge in [0.05, 0.1) is 0 Å². The third-order valence-electron chi connectivity index (χ3n) is 2.42. The molecule has 0 saturated carbocycles. The van der Waals surface area contributed by atoms with Gasteiger partial charge in [-0.3, -0.25) is 4.99 Å². The Kier molecular flexibility index (Phi) is 1.31. The first kappa shape index (κ1) is 7.38. The predicted molar refractivity (Wildman–Crippen MR) is 56.6 cm³/mol. The number of nitrogens with one attached hydrogen (secondary N) is 1. The maximum absolute atomic E-state index is 9.66. The lowest BCUT2D eigenvalue weighted by atomic mass is 10.1. The molecule has 0 saturated heterocycles. The van der Waals surface area contributed by atoms with Crippen LogP contribution in [0.2, 0.25) is 0 Å². The van der Waals surface area contributed by atoms with Crippen molar-refractivity contribution in [3.63, 3.8) is 0 Å². The van der Waals surface area contributed by atoms with Crippen molar-refractivity contribution in [2.75, 3.05) is 0 Å². The molecule has 1 aromatic carbocycles. The molecule has 3 nitrogen and oxygen atoms in total. The summed E-state index contributed by atoms with van der Waals surface area (Å²) in [6.45, 7) is 0. The summed E-state index contributed by atoms with van der Waals surface area (Å²) in [6, 6.07) is 5.86. The molecule has 1 aliphatic rings. The number of rotatable bonds is 0. The molecule has 14 heavy (non-hydrogen) atoms. The molecule has 0 amide bonds. The van der Waals surface area contributed by atoms with Crippen LogP contribution in [0.15, 0.2) is 29.4 Å². The topological polar surface area (TPSA) is 48.4 Å². The highest BCUT2D eigenvalue weighted by Gasteiger charge is 2.11. The van der Waals surface area contributed by atoms with Crippen LogP contribution in [-0.2, 0) is 0 Å². The van der Waals surface area contributed by atoms with E-state index in [-0.39, 0.29) is 5.88 Å². The normalized spacial score (nSPS) is 13.4. The van der Waals surface area contributed by atoms with Gasteiger partial charge in [-0.2, -0.15) is 0 Å². The van der Waals surface area contributed by atoms with Crippen molar-refractivity contribution < 1.29 is 5.11 Å². The summed E-state index contributed by atoms with van der Waals surface area (Å²) in [7, 11) is 0. The number of aromatic nitrogens is 1. The van der Waals surface area contributed by atoms with Crippen molar-refractivity contribution in [1.82, 2.24) is 4.98 Å². The molecule has 0 spiro atoms. The van der Waals surface area contributed by atoms with Crippen molar-refractivity contribution in [3.05, 3.63) is 35.5 Å². The van der Waals surface area contributed by atoms with Gasteiger partial charge in [-0.1, -0.05) is 12.1 Å². The molecule has 3 heteroatoms. The Labute approximate surface area is 80.4 Å². The minimum atomic E-state index is 0.203. The molecule has 3 rings (SSSR count). The van der Waals surface area contributed by atoms with Crippen molar-refractivity contribution in [3.8, 4) is 5.88 Å². The molecule has 0 atom stereocenters. The van der Waals surface area contributed by atoms with Gasteiger partial charge in [0, 0.05) is 34.4 Å². The van der Waals surface area contributed by atoms with Crippen LogP contribution in [-0.4, -0.2) is 16.3 Å². The number of H-pyrrole nitrogens is 1. The Morgan fingerprint density at radius 3 is 3.14 bits per heavy atom. The van der Waals surface area contributed by atoms with Crippen LogP contribution in [0.3, 0.4) is 0 Å². The number of hydrogen-bond donors (Lipinski definition) is 2. The van der Waals surface area contributed by atoms with Crippen molar-refractivity contribution in [1.29, 1.82) is 0 Å². The van der Waals surface area contributed by atoms with Crippen LogP contribution in [0.25, 0.3) is 17.0 Å². The maximum Gasteiger partial charge on any atom is 0.196 e. The van der Waals surface area contributed by atoms with Crippen LogP contribution in [0.5, 0.6) is 5.88 Å². The maximum atomic E-state index is 9.66. The van der Waals surface area contributed by atoms with E-state index in [1.54, 1.807) is 18.5 Å². The summed E-state index contributed by atoms with van der Waals surface area (Å²) in [6.07, 6.45) is 5.28. The molecule has 0 unspecified atom stereocenters. The highest BCUT2D eigenvalue weighted by Crippen LogP contribution is 2.31. The van der Waals surface area contributed by atoms with Crippen LogP contribution >= 0.6 is 0 Å². The third-order valence-corrected chi connectivity index (χ3v) is 2.42. The van der Waals surface area contributed by atoms with Crippen LogP contribution < -0.4 is 0 Å². The van der Waals surface area contributed by atoms with Crippen molar-refractivity contribution >= 4 is 23.2 Å². The summed E-state index contributed by atoms with van der Waals surface area (Å²) >= 11 is 0. The number of hydrogen-bond acceptors (Lipinski definition) is 2. The Balaban J connectivity index is 2.57. The zero-order valence-corrected chi connectivity index (χ0v) is 7.36. The second kappa shape index (κ2) is 2.48. The lowest BCUT2D eigenvalue weighted by Gasteiger charge is -1.95. The lowest BCUT2D eigenvalue weighted by molar-refractivity contribution is 0.457. The Morgan fingerprint density at radius 1 is 1.29 bits per heavy atom. The predicted octanol–water partition coefficient (Wildman–Crippen LogP) is 2.28. The van der Waals surface area contributed by atoms with E-state index < -0.39 is 0 Å². The van der Waals surface area contributed by atoms with Crippen LogP contribution in [0, 0.1) is 0 Å². The molecule has 0 bridgehead atoms. The molecular weight excluding hydrogens is 176 g/mol. The fraction of sp³-hybridized carbons (Fsp3) is 0. The Bertz CT molecular complexity index is 564. The van der Waals surface area contributed by atoms with E-state index in [0.717, 1.165) is 22.0 Å². The first-order valence-electron chi connectivity index (χ1n) is 4.39. The minimum Gasteiger partial charge on any atom is -0.494 e. The lowest BCUT2D eigenvalue weighted by Crippen LogP contribution is -1.80. The number of aromatic amines is 1. The summed E-state index contributed by atoms with van der Waals surface area (Å²) < 4.78 is 0. The average Bonchev–Trinajstić information content (AvgIpc) is 2.39. The van der Waals surface area contributed by atoms with E-state index >= 15 is 0 Å². The van der Waals surface area contributed by atoms with E-state index in [9.17, 15) is 5.11 Å². The number of nitrogens with zero attached hydrogens (tertiary/aromatic N) is 1. The zero-order chi connectivity index (χ0) is 9.54. The molecule has 2 heterocycles. The molecule has 0 aliphatic carbocycles. The Hall–Kier alpha value is -2.03. The highest BCUT2D eigenvalue weighted by molar-refractivity contribution is 6.05. The number of benzene rings is 1. The van der Waals surface area contributed by atoms with Gasteiger partial charge in [0.2, 0.25) is 0 Å². The van der Waals surface area contributed by atoms with Gasteiger partial charge in [0.1, 0.15) is 0 Å². The second-order valence-corrected chi connectivity index (χ2v) is 3.25. The molecule has 1 aliphatic heterocycles. The molecule has 2 N–H and O–H groups in total. The summed E-state index contributed by atoms with van der Waals surface area (Å²) in [4.78, 5) is 7.02. The Morgan fingerprint density at radius 2 is 2.21 bits per heavy atom. The monoisotopic (exact) mass is 184 g/mol. The SMILES string of the molecule is Oc1[nH]c2cccc3c2c1C=CN=C3. The molecule has 0 fully saturated rings. The van der Waals surface area contributed by atoms with Gasteiger partial charge in [-0.15, -0.1) is 0 Å². The summed E-state index contributed by atoms with van der Waals surface area (Å²) in [5, 5.41) is 10.7. The van der Waals surface area contributed by atoms with Crippen molar-refractivity contribution in [2.24, 2.45) is 4.99 Å². The third kappa shape index (κ3) is 0.836. The van der Waals surface area contributed by atoms with Gasteiger partial charge < -0.3 is 10.1 Å². The standard InChI is InChI=1S/C11H8N2O/c14-11-8-4-5-12-6-7-2-1-3-9(13-11)10(7)8/h1-6,13-14H. The summed E-state index contributed by atoms with van der Waals surface area (Å²) in [5.74, 6) is 0.203. The van der Waals surface area contributed by atoms with Gasteiger partial charge in [-0.25, -0.2) is 0 Å². The van der Waals surface area contributed by atoms with E-state index in [0.29, 0.717) is 0 Å². The fourth-order valence-corrected chi connectivity index (χ4v) is 1.80. The van der Waals surface area contributed by atoms with Crippen LogP contribution in [0.1, 0.15) is 11.1 Å². The molecule has 1 aromatic heterocycles. The van der Waals surface area contributed by atoms with E-state index in [4.69, 9.17) is 0 Å². The largest absolute Gasteiger partial charge is 0.494 e. The smallest absolute Gasteiger partial charge is 0.196 e. The number of aliphatic imine (C=N–C) groups is 1. The zero-order valence-electron chi connectivity index (χ0n) is 7.36. The molecule has 68 valence electrons. The average molecular weight is 184 g/mol. The van der Waals surface area contributed by atoms with E-state index in [2.05, 4.69) is 9.98 Å². The summed E-state index contributed by atoms with van der Waals surface area (Å²) in [5.41, 5.74) is 2.78. The highest BCUT2D eigenvalue weighted by atomic mass is 16.3. The fourth-order valence-electron chi connectivity index (χ4n) is 1.80. The van der Waals surface area contributed by atoms with E-state index in [1.807, 2.05) is 18.2 Å². The van der Waals surface area contributed by atoms with Gasteiger partial charge in [-0.05, 0) is 12.1 Å². The number of aromatic hydroxyl groups is 1. The first-order chi connectivity index (χ1) is 6.86. The van der Waals surface area contributed by atoms with Gasteiger partial charge >= 0.3 is 0 Å². The first-order valence-corrected chi connectivity index (χ1v) is 4.39. The second-order valence-electron chi connectivity index (χ2n) is 3.25. The molecule has 2 aromatic rings. The quantitative estimate of drug-likeness (QED) is 0.648. The molecule has 0 radical (unpaired) electrons.